The van der Waals surface area contributed by atoms with Crippen LogP contribution in [-0.4, -0.2) is 23.5 Å². The molecule has 0 fully saturated rings. The van der Waals surface area contributed by atoms with E-state index in [0.29, 0.717) is 13.0 Å². The van der Waals surface area contributed by atoms with Crippen molar-refractivity contribution >= 4 is 11.7 Å². The zero-order chi connectivity index (χ0) is 13.6. The minimum Gasteiger partial charge on any atom is -0.409 e. The lowest BCUT2D eigenvalue weighted by Gasteiger charge is -2.24. The highest BCUT2D eigenvalue weighted by atomic mass is 16.4. The molecule has 0 aliphatic heterocycles. The number of rotatable bonds is 5. The second-order valence-corrected chi connectivity index (χ2v) is 4.59. The maximum absolute atomic E-state index is 12.1. The van der Waals surface area contributed by atoms with Crippen molar-refractivity contribution in [3.63, 3.8) is 0 Å². The summed E-state index contributed by atoms with van der Waals surface area (Å²) in [6, 6.07) is 9.56. The Morgan fingerprint density at radius 1 is 1.39 bits per heavy atom. The van der Waals surface area contributed by atoms with Gasteiger partial charge in [-0.1, -0.05) is 35.5 Å². The molecule has 0 saturated heterocycles. The van der Waals surface area contributed by atoms with Gasteiger partial charge in [0.2, 0.25) is 5.91 Å². The molecular weight excluding hydrogens is 230 g/mol. The van der Waals surface area contributed by atoms with E-state index in [9.17, 15) is 4.79 Å². The molecule has 5 nitrogen and oxygen atoms in total. The van der Waals surface area contributed by atoms with Crippen molar-refractivity contribution in [2.75, 3.05) is 6.54 Å². The molecule has 0 atom stereocenters. The van der Waals surface area contributed by atoms with Gasteiger partial charge in [-0.2, -0.15) is 0 Å². The van der Waals surface area contributed by atoms with Gasteiger partial charge in [0.05, 0.1) is 5.41 Å². The van der Waals surface area contributed by atoms with Crippen LogP contribution in [0, 0.1) is 0 Å². The van der Waals surface area contributed by atoms with Crippen LogP contribution >= 0.6 is 0 Å². The lowest BCUT2D eigenvalue weighted by molar-refractivity contribution is -0.125. The minimum atomic E-state index is -0.605. The van der Waals surface area contributed by atoms with Crippen LogP contribution in [0.3, 0.4) is 0 Å². The fourth-order valence-corrected chi connectivity index (χ4v) is 1.56. The largest absolute Gasteiger partial charge is 0.409 e. The number of oxime groups is 1. The normalized spacial score (nSPS) is 12.2. The lowest BCUT2D eigenvalue weighted by Crippen LogP contribution is -2.41. The predicted octanol–water partition coefficient (Wildman–Crippen LogP) is 1.22. The molecule has 4 N–H and O–H groups in total. The number of hydrogen-bond acceptors (Lipinski definition) is 3. The molecule has 0 aliphatic rings. The van der Waals surface area contributed by atoms with Gasteiger partial charge < -0.3 is 16.3 Å². The monoisotopic (exact) mass is 249 g/mol. The maximum atomic E-state index is 12.1. The van der Waals surface area contributed by atoms with Gasteiger partial charge in [-0.3, -0.25) is 4.79 Å². The molecule has 98 valence electrons. The summed E-state index contributed by atoms with van der Waals surface area (Å²) in [7, 11) is 0. The SMILES string of the molecule is CC(C)(C(=O)NCC/C(N)=N/O)c1ccccc1. The first kappa shape index (κ1) is 14.0. The summed E-state index contributed by atoms with van der Waals surface area (Å²) in [5, 5.41) is 14.0. The Morgan fingerprint density at radius 3 is 2.56 bits per heavy atom. The molecule has 1 rings (SSSR count). The van der Waals surface area contributed by atoms with Gasteiger partial charge in [0.15, 0.2) is 0 Å². The van der Waals surface area contributed by atoms with Crippen molar-refractivity contribution < 1.29 is 10.0 Å². The number of nitrogens with zero attached hydrogens (tertiary/aromatic N) is 1. The summed E-state index contributed by atoms with van der Waals surface area (Å²) in [6.07, 6.45) is 0.326. The van der Waals surface area contributed by atoms with E-state index in [4.69, 9.17) is 10.9 Å². The van der Waals surface area contributed by atoms with Crippen LogP contribution in [0.25, 0.3) is 0 Å². The van der Waals surface area contributed by atoms with Crippen molar-refractivity contribution in [1.82, 2.24) is 5.32 Å². The number of amides is 1. The zero-order valence-electron chi connectivity index (χ0n) is 10.7. The van der Waals surface area contributed by atoms with E-state index in [-0.39, 0.29) is 11.7 Å². The molecule has 0 unspecified atom stereocenters. The third-order valence-corrected chi connectivity index (χ3v) is 2.86. The van der Waals surface area contributed by atoms with Gasteiger partial charge in [-0.15, -0.1) is 0 Å². The number of nitrogens with two attached hydrogens (primary N) is 1. The minimum absolute atomic E-state index is 0.0839. The van der Waals surface area contributed by atoms with Gasteiger partial charge >= 0.3 is 0 Å². The average Bonchev–Trinajstić information content (AvgIpc) is 2.39. The fourth-order valence-electron chi connectivity index (χ4n) is 1.56. The van der Waals surface area contributed by atoms with Gasteiger partial charge in [0, 0.05) is 13.0 Å². The van der Waals surface area contributed by atoms with Gasteiger partial charge in [-0.25, -0.2) is 0 Å². The van der Waals surface area contributed by atoms with E-state index in [1.165, 1.54) is 0 Å². The number of carbonyl (C=O) groups excluding carboxylic acids is 1. The summed E-state index contributed by atoms with van der Waals surface area (Å²) in [5.74, 6) is 0.0206. The van der Waals surface area contributed by atoms with Crippen molar-refractivity contribution in [1.29, 1.82) is 0 Å². The van der Waals surface area contributed by atoms with Gasteiger partial charge in [0.25, 0.3) is 0 Å². The molecule has 1 amide bonds. The van der Waals surface area contributed by atoms with Gasteiger partial charge in [0.1, 0.15) is 5.84 Å². The summed E-state index contributed by atoms with van der Waals surface area (Å²) in [4.78, 5) is 12.1. The molecule has 0 bridgehead atoms. The van der Waals surface area contributed by atoms with Crippen LogP contribution in [0.2, 0.25) is 0 Å². The Bertz CT molecular complexity index is 427. The second kappa shape index (κ2) is 6.05. The molecule has 18 heavy (non-hydrogen) atoms. The molecule has 5 heteroatoms. The fraction of sp³-hybridized carbons (Fsp3) is 0.385. The molecular formula is C13H19N3O2. The molecule has 0 spiro atoms. The second-order valence-electron chi connectivity index (χ2n) is 4.59. The molecule has 0 aliphatic carbocycles. The Hall–Kier alpha value is -2.04. The van der Waals surface area contributed by atoms with Crippen LogP contribution in [0.1, 0.15) is 25.8 Å². The first-order valence-corrected chi connectivity index (χ1v) is 5.78. The smallest absolute Gasteiger partial charge is 0.230 e. The Kier molecular flexibility index (Phi) is 4.71. The third-order valence-electron chi connectivity index (χ3n) is 2.86. The molecule has 0 saturated carbocycles. The number of hydrogen-bond donors (Lipinski definition) is 3. The summed E-state index contributed by atoms with van der Waals surface area (Å²) >= 11 is 0. The van der Waals surface area contributed by atoms with Crippen LogP contribution in [0.15, 0.2) is 35.5 Å². The van der Waals surface area contributed by atoms with E-state index in [1.54, 1.807) is 0 Å². The molecule has 1 aromatic rings. The van der Waals surface area contributed by atoms with E-state index >= 15 is 0 Å². The Balaban J connectivity index is 2.61. The Morgan fingerprint density at radius 2 is 2.00 bits per heavy atom. The molecule has 0 aromatic heterocycles. The van der Waals surface area contributed by atoms with Crippen molar-refractivity contribution in [3.05, 3.63) is 35.9 Å². The Labute approximate surface area is 107 Å². The highest BCUT2D eigenvalue weighted by molar-refractivity contribution is 5.88. The molecule has 0 heterocycles. The zero-order valence-corrected chi connectivity index (χ0v) is 10.7. The van der Waals surface area contributed by atoms with Crippen LogP contribution in [0.5, 0.6) is 0 Å². The van der Waals surface area contributed by atoms with Crippen LogP contribution in [-0.2, 0) is 10.2 Å². The average molecular weight is 249 g/mol. The highest BCUT2D eigenvalue weighted by Crippen LogP contribution is 2.22. The topological polar surface area (TPSA) is 87.7 Å². The van der Waals surface area contributed by atoms with E-state index in [2.05, 4.69) is 10.5 Å². The molecule has 0 radical (unpaired) electrons. The highest BCUT2D eigenvalue weighted by Gasteiger charge is 2.28. The van der Waals surface area contributed by atoms with Gasteiger partial charge in [-0.05, 0) is 19.4 Å². The van der Waals surface area contributed by atoms with Crippen molar-refractivity contribution in [2.24, 2.45) is 10.9 Å². The first-order valence-electron chi connectivity index (χ1n) is 5.78. The summed E-state index contributed by atoms with van der Waals surface area (Å²) in [6.45, 7) is 4.08. The number of carbonyl (C=O) groups is 1. The predicted molar refractivity (Wildman–Crippen MR) is 70.5 cm³/mol. The van der Waals surface area contributed by atoms with E-state index in [1.807, 2.05) is 44.2 Å². The number of benzene rings is 1. The lowest BCUT2D eigenvalue weighted by atomic mass is 9.84. The van der Waals surface area contributed by atoms with Crippen LogP contribution < -0.4 is 11.1 Å². The van der Waals surface area contributed by atoms with E-state index in [0.717, 1.165) is 5.56 Å². The van der Waals surface area contributed by atoms with Crippen molar-refractivity contribution in [2.45, 2.75) is 25.7 Å². The first-order chi connectivity index (χ1) is 8.48. The third kappa shape index (κ3) is 3.48. The maximum Gasteiger partial charge on any atom is 0.230 e. The van der Waals surface area contributed by atoms with Crippen molar-refractivity contribution in [3.8, 4) is 0 Å². The number of amidine groups is 1. The summed E-state index contributed by atoms with van der Waals surface area (Å²) < 4.78 is 0. The standard InChI is InChI=1S/C13H19N3O2/c1-13(2,10-6-4-3-5-7-10)12(17)15-9-8-11(14)16-18/h3-7,18H,8-9H2,1-2H3,(H2,14,16)(H,15,17). The number of nitrogens with one attached hydrogen (secondary N) is 1. The quantitative estimate of drug-likeness (QED) is 0.317. The van der Waals surface area contributed by atoms with Crippen LogP contribution in [0.4, 0.5) is 0 Å². The summed E-state index contributed by atoms with van der Waals surface area (Å²) in [5.41, 5.74) is 5.67. The molecule has 1 aromatic carbocycles. The van der Waals surface area contributed by atoms with E-state index < -0.39 is 5.41 Å².